The third kappa shape index (κ3) is 9.26. The smallest absolute Gasteiger partial charge is 0.230 e. The van der Waals surface area contributed by atoms with Crippen LogP contribution in [0.1, 0.15) is 15.7 Å². The number of halogens is 1. The molecule has 13 heteroatoms. The predicted octanol–water partition coefficient (Wildman–Crippen LogP) is 2.74. The van der Waals surface area contributed by atoms with E-state index in [1.165, 1.54) is 51.4 Å². The number of hydrogen-bond acceptors (Lipinski definition) is 10. The van der Waals surface area contributed by atoms with Gasteiger partial charge in [0.25, 0.3) is 0 Å². The zero-order valence-electron chi connectivity index (χ0n) is 22.5. The van der Waals surface area contributed by atoms with Gasteiger partial charge < -0.3 is 20.5 Å². The molecule has 4 rings (SSSR count). The summed E-state index contributed by atoms with van der Waals surface area (Å²) >= 11 is 5.42. The van der Waals surface area contributed by atoms with Gasteiger partial charge in [-0.05, 0) is 11.6 Å². The van der Waals surface area contributed by atoms with Crippen molar-refractivity contribution in [2.75, 3.05) is 25.3 Å². The number of aromatic nitrogens is 8. The molecule has 4 heterocycles. The first-order valence-electron chi connectivity index (χ1n) is 11.3. The standard InChI is InChI=1S/C9H11N5O.C5H5ClN2O.C4H7N3.CH4/c1-14-6-7(5-11-14)12-9-10-4-3-8(13-9)15-2;1-9-4-2-3-7-5(6)8-4;1-7-3-4(5)2-6-7;/h3-6H,1-2H3,(H,10,12,13);2-3H,1H3;2-3H,5H2,1H3;1H4/i1D3;;1D3;. The van der Waals surface area contributed by atoms with Crippen LogP contribution in [0.3, 0.4) is 0 Å². The van der Waals surface area contributed by atoms with Gasteiger partial charge in [0, 0.05) is 59.1 Å². The summed E-state index contributed by atoms with van der Waals surface area (Å²) < 4.78 is 53.6. The molecule has 0 saturated heterocycles. The highest BCUT2D eigenvalue weighted by Gasteiger charge is 2.01. The minimum absolute atomic E-state index is 0. The normalized spacial score (nSPS) is 12.8. The third-order valence-corrected chi connectivity index (χ3v) is 3.27. The van der Waals surface area contributed by atoms with Crippen LogP contribution in [0.2, 0.25) is 5.28 Å². The summed E-state index contributed by atoms with van der Waals surface area (Å²) in [6, 6.07) is 3.24. The number of aryl methyl sites for hydroxylation is 2. The number of nitrogens with zero attached hydrogens (tertiary/aromatic N) is 8. The van der Waals surface area contributed by atoms with Crippen molar-refractivity contribution in [1.82, 2.24) is 39.5 Å². The van der Waals surface area contributed by atoms with Crippen LogP contribution >= 0.6 is 11.6 Å². The van der Waals surface area contributed by atoms with E-state index in [1.54, 1.807) is 12.1 Å². The third-order valence-electron chi connectivity index (χ3n) is 3.09. The van der Waals surface area contributed by atoms with Gasteiger partial charge in [0.2, 0.25) is 23.0 Å². The zero-order valence-corrected chi connectivity index (χ0v) is 17.2. The van der Waals surface area contributed by atoms with E-state index in [4.69, 9.17) is 35.0 Å². The van der Waals surface area contributed by atoms with E-state index in [9.17, 15) is 0 Å². The molecule has 0 spiro atoms. The number of nitrogen functional groups attached to an aromatic ring is 1. The lowest BCUT2D eigenvalue weighted by Gasteiger charge is -2.02. The first-order valence-corrected chi connectivity index (χ1v) is 8.72. The molecule has 172 valence electrons. The molecule has 0 aliphatic carbocycles. The van der Waals surface area contributed by atoms with E-state index in [0.29, 0.717) is 29.1 Å². The van der Waals surface area contributed by atoms with Crippen LogP contribution < -0.4 is 20.5 Å². The molecule has 0 amide bonds. The number of nitrogens with one attached hydrogen (secondary N) is 1. The fourth-order valence-electron chi connectivity index (χ4n) is 1.80. The second-order valence-corrected chi connectivity index (χ2v) is 5.65. The highest BCUT2D eigenvalue weighted by Crippen LogP contribution is 2.13. The quantitative estimate of drug-likeness (QED) is 0.429. The lowest BCUT2D eigenvalue weighted by molar-refractivity contribution is 0.397. The lowest BCUT2D eigenvalue weighted by atomic mass is 10.5. The van der Waals surface area contributed by atoms with Gasteiger partial charge in [-0.2, -0.15) is 20.2 Å². The van der Waals surface area contributed by atoms with Crippen LogP contribution in [0.5, 0.6) is 11.8 Å². The summed E-state index contributed by atoms with van der Waals surface area (Å²) in [7, 11) is 3.03. The summed E-state index contributed by atoms with van der Waals surface area (Å²) in [6.45, 7) is -4.51. The van der Waals surface area contributed by atoms with Crippen molar-refractivity contribution in [3.05, 3.63) is 54.6 Å². The minimum Gasteiger partial charge on any atom is -0.481 e. The first kappa shape index (κ1) is 17.7. The Kier molecular flexibility index (Phi) is 7.41. The topological polar surface area (TPSA) is 144 Å². The first-order chi connectivity index (χ1) is 17.3. The number of anilines is 3. The summed E-state index contributed by atoms with van der Waals surface area (Å²) in [6.07, 6.45) is 8.38. The average molecular weight is 469 g/mol. The number of ether oxygens (including phenoxy) is 2. The molecule has 0 saturated carbocycles. The fourth-order valence-corrected chi connectivity index (χ4v) is 1.94. The molecule has 0 bridgehead atoms. The molecular formula is C19H27ClN10O2. The Labute approximate surface area is 199 Å². The van der Waals surface area contributed by atoms with Gasteiger partial charge in [-0.3, -0.25) is 9.36 Å². The molecule has 12 nitrogen and oxygen atoms in total. The van der Waals surface area contributed by atoms with Gasteiger partial charge in [0.05, 0.1) is 38.0 Å². The van der Waals surface area contributed by atoms with Gasteiger partial charge in [0.1, 0.15) is 0 Å². The second-order valence-electron chi connectivity index (χ2n) is 5.31. The summed E-state index contributed by atoms with van der Waals surface area (Å²) in [4.78, 5) is 15.4. The van der Waals surface area contributed by atoms with Crippen molar-refractivity contribution in [3.63, 3.8) is 0 Å². The molecule has 3 N–H and O–H groups in total. The van der Waals surface area contributed by atoms with Gasteiger partial charge >= 0.3 is 0 Å². The zero-order chi connectivity index (χ0) is 27.6. The maximum atomic E-state index is 7.18. The van der Waals surface area contributed by atoms with E-state index >= 15 is 0 Å². The van der Waals surface area contributed by atoms with Gasteiger partial charge in [-0.15, -0.1) is 0 Å². The summed E-state index contributed by atoms with van der Waals surface area (Å²) in [5, 5.41) is 10.3. The van der Waals surface area contributed by atoms with Crippen LogP contribution in [0.4, 0.5) is 17.3 Å². The number of methoxy groups -OCH3 is 2. The highest BCUT2D eigenvalue weighted by atomic mass is 35.5. The summed E-state index contributed by atoms with van der Waals surface area (Å²) in [5.74, 6) is 1.20. The highest BCUT2D eigenvalue weighted by molar-refractivity contribution is 6.28. The minimum atomic E-state index is -2.30. The molecule has 0 unspecified atom stereocenters. The van der Waals surface area contributed by atoms with Crippen molar-refractivity contribution in [2.24, 2.45) is 14.0 Å². The Balaban J connectivity index is 0.000000307. The van der Waals surface area contributed by atoms with Crippen LogP contribution in [-0.2, 0) is 14.0 Å². The SMILES string of the molecule is C.COc1ccnc(Cl)n1.[2H]C([2H])([2H])n1cc(N)cn1.[2H]C([2H])([2H])n1cc(Nc2nccc(OC)n2)cn1. The van der Waals surface area contributed by atoms with Gasteiger partial charge in [-0.25, -0.2) is 9.97 Å². The largest absolute Gasteiger partial charge is 0.481 e. The molecular weight excluding hydrogens is 436 g/mol. The molecule has 0 aromatic carbocycles. The molecule has 0 fully saturated rings. The maximum absolute atomic E-state index is 7.18. The van der Waals surface area contributed by atoms with E-state index in [1.807, 2.05) is 0 Å². The Hall–Kier alpha value is -3.93. The molecule has 4 aromatic rings. The second kappa shape index (κ2) is 13.4. The van der Waals surface area contributed by atoms with E-state index in [0.717, 1.165) is 9.36 Å². The molecule has 32 heavy (non-hydrogen) atoms. The van der Waals surface area contributed by atoms with E-state index < -0.39 is 14.0 Å². The number of hydrogen-bond donors (Lipinski definition) is 2. The van der Waals surface area contributed by atoms with Gasteiger partial charge in [0.15, 0.2) is 0 Å². The lowest BCUT2D eigenvalue weighted by Crippen LogP contribution is -1.97. The van der Waals surface area contributed by atoms with E-state index in [2.05, 4.69) is 35.5 Å². The predicted molar refractivity (Wildman–Crippen MR) is 123 cm³/mol. The number of nitrogens with two attached hydrogens (primary N) is 1. The molecule has 0 atom stereocenters. The monoisotopic (exact) mass is 468 g/mol. The Bertz CT molecular complexity index is 1270. The number of rotatable bonds is 4. The van der Waals surface area contributed by atoms with Crippen molar-refractivity contribution < 1.29 is 17.7 Å². The van der Waals surface area contributed by atoms with Crippen LogP contribution in [0.25, 0.3) is 0 Å². The van der Waals surface area contributed by atoms with E-state index in [-0.39, 0.29) is 12.7 Å². The van der Waals surface area contributed by atoms with Gasteiger partial charge in [-0.1, -0.05) is 7.43 Å². The molecule has 0 aliphatic heterocycles. The Morgan fingerprint density at radius 1 is 0.969 bits per heavy atom. The van der Waals surface area contributed by atoms with Crippen molar-refractivity contribution in [2.45, 2.75) is 7.43 Å². The average Bonchev–Trinajstić information content (AvgIpc) is 3.49. The molecule has 0 aliphatic rings. The van der Waals surface area contributed by atoms with Crippen molar-refractivity contribution in [3.8, 4) is 11.8 Å². The molecule has 0 radical (unpaired) electrons. The van der Waals surface area contributed by atoms with Crippen LogP contribution in [0, 0.1) is 0 Å². The van der Waals surface area contributed by atoms with Crippen molar-refractivity contribution in [1.29, 1.82) is 0 Å². The molecule has 4 aromatic heterocycles. The van der Waals surface area contributed by atoms with Crippen molar-refractivity contribution >= 4 is 28.9 Å². The summed E-state index contributed by atoms with van der Waals surface area (Å²) in [5.41, 5.74) is 6.09. The Morgan fingerprint density at radius 3 is 2.09 bits per heavy atom. The fraction of sp³-hybridized carbons (Fsp3) is 0.263. The Morgan fingerprint density at radius 2 is 1.59 bits per heavy atom. The van der Waals surface area contributed by atoms with Crippen LogP contribution in [0.15, 0.2) is 49.3 Å². The van der Waals surface area contributed by atoms with Crippen LogP contribution in [-0.4, -0.2) is 53.7 Å². The maximum Gasteiger partial charge on any atom is 0.230 e.